The minimum Gasteiger partial charge on any atom is -0.484 e. The summed E-state index contributed by atoms with van der Waals surface area (Å²) in [6.45, 7) is -0.138. The molecule has 9 heteroatoms. The monoisotopic (exact) mass is 414 g/mol. The molecule has 0 saturated heterocycles. The maximum absolute atomic E-state index is 14.2. The largest absolute Gasteiger partial charge is 0.484 e. The quantitative estimate of drug-likeness (QED) is 0.673. The number of nitrogens with one attached hydrogen (secondary N) is 1. The number of carbonyl (C=O) groups excluding carboxylic acids is 2. The Morgan fingerprint density at radius 1 is 1.17 bits per heavy atom. The number of rotatable bonds is 6. The van der Waals surface area contributed by atoms with Gasteiger partial charge in [0, 0.05) is 50.7 Å². The number of aromatic nitrogens is 2. The Hall–Kier alpha value is -3.75. The van der Waals surface area contributed by atoms with Crippen LogP contribution in [0, 0.1) is 11.6 Å². The smallest absolute Gasteiger partial charge is 0.259 e. The highest BCUT2D eigenvalue weighted by atomic mass is 19.1. The topological polar surface area (TPSA) is 76.5 Å². The number of anilines is 1. The van der Waals surface area contributed by atoms with Crippen molar-refractivity contribution < 1.29 is 23.1 Å². The van der Waals surface area contributed by atoms with E-state index in [2.05, 4.69) is 10.4 Å². The Bertz CT molecular complexity index is 1100. The van der Waals surface area contributed by atoms with E-state index in [0.29, 0.717) is 11.4 Å². The normalized spacial score (nSPS) is 10.6. The fourth-order valence-electron chi connectivity index (χ4n) is 2.67. The lowest BCUT2D eigenvalue weighted by molar-refractivity contribution is -0.130. The van der Waals surface area contributed by atoms with E-state index in [1.807, 2.05) is 0 Å². The molecule has 0 aliphatic carbocycles. The first-order valence-corrected chi connectivity index (χ1v) is 8.98. The van der Waals surface area contributed by atoms with Gasteiger partial charge in [-0.2, -0.15) is 5.10 Å². The van der Waals surface area contributed by atoms with E-state index < -0.39 is 17.5 Å². The Balaban J connectivity index is 1.80. The Kier molecular flexibility index (Phi) is 6.10. The second-order valence-electron chi connectivity index (χ2n) is 6.75. The first-order valence-electron chi connectivity index (χ1n) is 8.98. The molecule has 0 aliphatic rings. The standard InChI is InChI=1S/C21H20F2N4O3/c1-26(2)19(28)12-30-15-6-4-5-14(10-15)24-21(29)17-11-27(3)25-20(17)16-8-7-13(22)9-18(16)23/h4-11H,12H2,1-3H3,(H,24,29). The van der Waals surface area contributed by atoms with Gasteiger partial charge in [0.15, 0.2) is 6.61 Å². The maximum atomic E-state index is 14.2. The van der Waals surface area contributed by atoms with Crippen molar-refractivity contribution in [2.75, 3.05) is 26.0 Å². The number of aryl methyl sites for hydroxylation is 1. The van der Waals surface area contributed by atoms with Crippen LogP contribution < -0.4 is 10.1 Å². The minimum absolute atomic E-state index is 0.0152. The van der Waals surface area contributed by atoms with Crippen molar-refractivity contribution in [1.82, 2.24) is 14.7 Å². The van der Waals surface area contributed by atoms with Gasteiger partial charge in [-0.05, 0) is 24.3 Å². The summed E-state index contributed by atoms with van der Waals surface area (Å²) < 4.78 is 34.2. The van der Waals surface area contributed by atoms with E-state index in [0.717, 1.165) is 12.1 Å². The van der Waals surface area contributed by atoms with Crippen LogP contribution >= 0.6 is 0 Å². The van der Waals surface area contributed by atoms with Crippen molar-refractivity contribution in [3.63, 3.8) is 0 Å². The van der Waals surface area contributed by atoms with Crippen molar-refractivity contribution in [3.05, 3.63) is 65.9 Å². The van der Waals surface area contributed by atoms with Gasteiger partial charge in [-0.25, -0.2) is 8.78 Å². The number of hydrogen-bond acceptors (Lipinski definition) is 4. The molecule has 7 nitrogen and oxygen atoms in total. The molecule has 0 aliphatic heterocycles. The summed E-state index contributed by atoms with van der Waals surface area (Å²) in [5.74, 6) is -1.86. The molecule has 156 valence electrons. The summed E-state index contributed by atoms with van der Waals surface area (Å²) in [5, 5.41) is 6.84. The van der Waals surface area contributed by atoms with Crippen molar-refractivity contribution >= 4 is 17.5 Å². The van der Waals surface area contributed by atoms with Crippen LogP contribution in [0.25, 0.3) is 11.3 Å². The number of likely N-dealkylation sites (N-methyl/N-ethyl adjacent to an activating group) is 1. The second-order valence-corrected chi connectivity index (χ2v) is 6.75. The molecule has 0 bridgehead atoms. The molecule has 1 heterocycles. The summed E-state index contributed by atoms with van der Waals surface area (Å²) in [4.78, 5) is 25.9. The zero-order valence-corrected chi connectivity index (χ0v) is 16.6. The van der Waals surface area contributed by atoms with Crippen molar-refractivity contribution in [2.24, 2.45) is 7.05 Å². The van der Waals surface area contributed by atoms with E-state index >= 15 is 0 Å². The predicted octanol–water partition coefficient (Wildman–Crippen LogP) is 3.08. The SMILES string of the molecule is CN(C)C(=O)COc1cccc(NC(=O)c2cn(C)nc2-c2ccc(F)cc2F)c1. The van der Waals surface area contributed by atoms with Gasteiger partial charge in [0.2, 0.25) is 0 Å². The lowest BCUT2D eigenvalue weighted by Gasteiger charge is -2.12. The van der Waals surface area contributed by atoms with E-state index in [1.165, 1.54) is 21.8 Å². The number of halogens is 2. The molecule has 1 aromatic heterocycles. The Morgan fingerprint density at radius 2 is 1.93 bits per heavy atom. The zero-order chi connectivity index (χ0) is 21.8. The molecule has 3 rings (SSSR count). The fraction of sp³-hybridized carbons (Fsp3) is 0.190. The average molecular weight is 414 g/mol. The molecular formula is C21H20F2N4O3. The molecule has 2 amide bonds. The van der Waals surface area contributed by atoms with Gasteiger partial charge in [-0.1, -0.05) is 6.07 Å². The van der Waals surface area contributed by atoms with Gasteiger partial charge in [0.05, 0.1) is 5.56 Å². The van der Waals surface area contributed by atoms with Crippen LogP contribution in [0.4, 0.5) is 14.5 Å². The number of carbonyl (C=O) groups is 2. The second kappa shape index (κ2) is 8.73. The molecule has 0 fully saturated rings. The van der Waals surface area contributed by atoms with Crippen LogP contribution in [0.3, 0.4) is 0 Å². The highest BCUT2D eigenvalue weighted by Crippen LogP contribution is 2.26. The number of amides is 2. The fourth-order valence-corrected chi connectivity index (χ4v) is 2.67. The molecule has 0 spiro atoms. The number of benzene rings is 2. The number of nitrogens with zero attached hydrogens (tertiary/aromatic N) is 3. The van der Waals surface area contributed by atoms with Crippen molar-refractivity contribution in [1.29, 1.82) is 0 Å². The van der Waals surface area contributed by atoms with E-state index in [-0.39, 0.29) is 29.3 Å². The predicted molar refractivity (Wildman–Crippen MR) is 107 cm³/mol. The van der Waals surface area contributed by atoms with E-state index in [1.54, 1.807) is 45.4 Å². The molecule has 1 N–H and O–H groups in total. The average Bonchev–Trinajstić information content (AvgIpc) is 3.08. The molecule has 0 unspecified atom stereocenters. The molecule has 0 saturated carbocycles. The third-order valence-electron chi connectivity index (χ3n) is 4.21. The molecule has 30 heavy (non-hydrogen) atoms. The molecule has 2 aromatic carbocycles. The van der Waals surface area contributed by atoms with Crippen molar-refractivity contribution in [2.45, 2.75) is 0 Å². The Morgan fingerprint density at radius 3 is 2.63 bits per heavy atom. The van der Waals surface area contributed by atoms with Gasteiger partial charge in [0.1, 0.15) is 23.1 Å². The highest BCUT2D eigenvalue weighted by Gasteiger charge is 2.20. The zero-order valence-electron chi connectivity index (χ0n) is 16.6. The van der Waals surface area contributed by atoms with Crippen LogP contribution in [0.1, 0.15) is 10.4 Å². The molecule has 3 aromatic rings. The van der Waals surface area contributed by atoms with Crippen LogP contribution in [0.5, 0.6) is 5.75 Å². The van der Waals surface area contributed by atoms with Crippen LogP contribution in [0.2, 0.25) is 0 Å². The first kappa shape index (κ1) is 21.0. The molecule has 0 atom stereocenters. The van der Waals surface area contributed by atoms with E-state index in [9.17, 15) is 18.4 Å². The van der Waals surface area contributed by atoms with Gasteiger partial charge < -0.3 is 15.0 Å². The van der Waals surface area contributed by atoms with Crippen LogP contribution in [-0.4, -0.2) is 47.2 Å². The number of hydrogen-bond donors (Lipinski definition) is 1. The molecular weight excluding hydrogens is 394 g/mol. The lowest BCUT2D eigenvalue weighted by atomic mass is 10.1. The minimum atomic E-state index is -0.816. The lowest BCUT2D eigenvalue weighted by Crippen LogP contribution is -2.27. The van der Waals surface area contributed by atoms with Crippen LogP contribution in [0.15, 0.2) is 48.7 Å². The van der Waals surface area contributed by atoms with Crippen molar-refractivity contribution in [3.8, 4) is 17.0 Å². The first-order chi connectivity index (χ1) is 14.2. The molecule has 0 radical (unpaired) electrons. The maximum Gasteiger partial charge on any atom is 0.259 e. The third kappa shape index (κ3) is 4.80. The van der Waals surface area contributed by atoms with Gasteiger partial charge in [0.25, 0.3) is 11.8 Å². The van der Waals surface area contributed by atoms with E-state index in [4.69, 9.17) is 4.74 Å². The van der Waals surface area contributed by atoms with Gasteiger partial charge >= 0.3 is 0 Å². The summed E-state index contributed by atoms with van der Waals surface area (Å²) in [5.41, 5.74) is 0.652. The third-order valence-corrected chi connectivity index (χ3v) is 4.21. The summed E-state index contributed by atoms with van der Waals surface area (Å²) in [7, 11) is 4.84. The Labute approximate surface area is 171 Å². The van der Waals surface area contributed by atoms with Gasteiger partial charge in [-0.15, -0.1) is 0 Å². The van der Waals surface area contributed by atoms with Gasteiger partial charge in [-0.3, -0.25) is 14.3 Å². The summed E-state index contributed by atoms with van der Waals surface area (Å²) in [6, 6.07) is 9.60. The van der Waals surface area contributed by atoms with Crippen LogP contribution in [-0.2, 0) is 11.8 Å². The highest BCUT2D eigenvalue weighted by molar-refractivity contribution is 6.08. The summed E-state index contributed by atoms with van der Waals surface area (Å²) in [6.07, 6.45) is 1.45. The number of ether oxygens (including phenoxy) is 1. The summed E-state index contributed by atoms with van der Waals surface area (Å²) >= 11 is 0.